The Morgan fingerprint density at radius 3 is 0.925 bits per heavy atom. The number of rotatable bonds is 50. The van der Waals surface area contributed by atoms with Crippen LogP contribution in [0, 0.1) is 0 Å². The molecular formula is C61H104O6. The third kappa shape index (κ3) is 53.4. The summed E-state index contributed by atoms with van der Waals surface area (Å²) in [6, 6.07) is 0. The van der Waals surface area contributed by atoms with Gasteiger partial charge in [0.1, 0.15) is 13.2 Å². The normalized spacial score (nSPS) is 12.7. The molecule has 0 aromatic carbocycles. The monoisotopic (exact) mass is 933 g/mol. The first kappa shape index (κ1) is 63.6. The van der Waals surface area contributed by atoms with Crippen LogP contribution in [-0.4, -0.2) is 37.2 Å². The molecule has 0 aromatic rings. The van der Waals surface area contributed by atoms with Crippen LogP contribution in [0.25, 0.3) is 0 Å². The van der Waals surface area contributed by atoms with E-state index < -0.39 is 6.10 Å². The summed E-state index contributed by atoms with van der Waals surface area (Å²) < 4.78 is 16.8. The fourth-order valence-electron chi connectivity index (χ4n) is 7.62. The molecule has 0 aliphatic rings. The van der Waals surface area contributed by atoms with Crippen molar-refractivity contribution in [1.29, 1.82) is 0 Å². The highest BCUT2D eigenvalue weighted by Crippen LogP contribution is 2.15. The molecule has 0 heterocycles. The lowest BCUT2D eigenvalue weighted by molar-refractivity contribution is -0.167. The van der Waals surface area contributed by atoms with Crippen molar-refractivity contribution in [2.45, 2.75) is 271 Å². The van der Waals surface area contributed by atoms with Gasteiger partial charge in [-0.25, -0.2) is 0 Å². The zero-order valence-electron chi connectivity index (χ0n) is 43.9. The van der Waals surface area contributed by atoms with Gasteiger partial charge >= 0.3 is 17.9 Å². The fourth-order valence-corrected chi connectivity index (χ4v) is 7.62. The van der Waals surface area contributed by atoms with Crippen LogP contribution in [-0.2, 0) is 28.6 Å². The predicted octanol–water partition coefficient (Wildman–Crippen LogP) is 18.8. The van der Waals surface area contributed by atoms with Gasteiger partial charge in [-0.05, 0) is 96.3 Å². The van der Waals surface area contributed by atoms with Crippen LogP contribution in [0.4, 0.5) is 0 Å². The maximum Gasteiger partial charge on any atom is 0.306 e. The lowest BCUT2D eigenvalue weighted by Gasteiger charge is -2.18. The van der Waals surface area contributed by atoms with E-state index in [1.54, 1.807) is 0 Å². The van der Waals surface area contributed by atoms with Crippen LogP contribution < -0.4 is 0 Å². The first-order chi connectivity index (χ1) is 33.0. The van der Waals surface area contributed by atoms with E-state index in [9.17, 15) is 14.4 Å². The van der Waals surface area contributed by atoms with Crippen molar-refractivity contribution in [1.82, 2.24) is 0 Å². The first-order valence-corrected chi connectivity index (χ1v) is 28.1. The standard InChI is InChI=1S/C61H104O6/c1-4-7-10-13-16-19-22-25-28-30-33-36-39-42-45-48-51-54-60(63)66-57-58(56-65-59(62)53-50-47-44-41-38-35-32-27-24-21-18-15-12-9-6-3)67-61(64)55-52-49-46-43-40-37-34-31-29-26-23-20-17-14-11-8-5-2/h16-17,19-20,25-26,28-29,33-34,36-37,42,45,58H,4-15,18,21-24,27,30-32,35,38-41,43-44,46-57H2,1-3H3/b19-16+,20-17+,28-25+,29-26+,36-33+,37-34+,45-42+/t58-/m1/s1. The SMILES string of the molecule is CCCCC/C=C/C/C=C/C/C=C/C/C=C/CCCC(=O)OC[C@@H](COC(=O)CCCCCCCCCCCCCCCCC)OC(=O)CCCCCC/C=C/C/C=C/C/C=C/CCCCC. The van der Waals surface area contributed by atoms with Crippen LogP contribution in [0.15, 0.2) is 85.1 Å². The van der Waals surface area contributed by atoms with E-state index in [1.165, 1.54) is 128 Å². The van der Waals surface area contributed by atoms with Gasteiger partial charge in [0.25, 0.3) is 0 Å². The molecule has 0 rings (SSSR count). The molecule has 6 nitrogen and oxygen atoms in total. The Morgan fingerprint density at radius 2 is 0.552 bits per heavy atom. The molecule has 67 heavy (non-hydrogen) atoms. The van der Waals surface area contributed by atoms with E-state index in [0.717, 1.165) is 89.9 Å². The number of unbranched alkanes of at least 4 members (excludes halogenated alkanes) is 25. The molecule has 1 atom stereocenters. The minimum atomic E-state index is -0.809. The van der Waals surface area contributed by atoms with Gasteiger partial charge in [0.05, 0.1) is 0 Å². The molecule has 0 fully saturated rings. The maximum atomic E-state index is 12.8. The molecule has 0 spiro atoms. The maximum absolute atomic E-state index is 12.8. The van der Waals surface area contributed by atoms with Crippen LogP contribution in [0.5, 0.6) is 0 Å². The Labute approximate surface area is 414 Å². The van der Waals surface area contributed by atoms with E-state index in [-0.39, 0.29) is 37.5 Å². The molecular weight excluding hydrogens is 829 g/mol. The zero-order chi connectivity index (χ0) is 48.6. The number of hydrogen-bond acceptors (Lipinski definition) is 6. The smallest absolute Gasteiger partial charge is 0.306 e. The Morgan fingerprint density at radius 1 is 0.299 bits per heavy atom. The molecule has 0 saturated carbocycles. The third-order valence-electron chi connectivity index (χ3n) is 11.9. The summed E-state index contributed by atoms with van der Waals surface area (Å²) in [7, 11) is 0. The van der Waals surface area contributed by atoms with Gasteiger partial charge in [-0.15, -0.1) is 0 Å². The van der Waals surface area contributed by atoms with Crippen molar-refractivity contribution in [2.24, 2.45) is 0 Å². The van der Waals surface area contributed by atoms with E-state index >= 15 is 0 Å². The number of esters is 3. The summed E-state index contributed by atoms with van der Waals surface area (Å²) in [6.45, 7) is 6.53. The van der Waals surface area contributed by atoms with Crippen molar-refractivity contribution in [3.8, 4) is 0 Å². The minimum absolute atomic E-state index is 0.101. The molecule has 0 unspecified atom stereocenters. The van der Waals surface area contributed by atoms with Crippen molar-refractivity contribution in [3.63, 3.8) is 0 Å². The number of carbonyl (C=O) groups excluding carboxylic acids is 3. The molecule has 384 valence electrons. The van der Waals surface area contributed by atoms with Gasteiger partial charge in [0.15, 0.2) is 6.10 Å². The topological polar surface area (TPSA) is 78.9 Å². The largest absolute Gasteiger partial charge is 0.462 e. The third-order valence-corrected chi connectivity index (χ3v) is 11.9. The van der Waals surface area contributed by atoms with Crippen molar-refractivity contribution >= 4 is 17.9 Å². The highest BCUT2D eigenvalue weighted by Gasteiger charge is 2.19. The minimum Gasteiger partial charge on any atom is -0.462 e. The summed E-state index contributed by atoms with van der Waals surface area (Å²) in [5.74, 6) is -0.976. The molecule has 0 aliphatic carbocycles. The fraction of sp³-hybridized carbons (Fsp3) is 0.721. The Hall–Kier alpha value is -3.41. The predicted molar refractivity (Wildman–Crippen MR) is 288 cm³/mol. The molecule has 0 amide bonds. The van der Waals surface area contributed by atoms with E-state index in [1.807, 2.05) is 0 Å². The van der Waals surface area contributed by atoms with Gasteiger partial charge in [-0.3, -0.25) is 14.4 Å². The average molecular weight is 933 g/mol. The molecule has 0 aliphatic heterocycles. The Bertz CT molecular complexity index is 1300. The summed E-state index contributed by atoms with van der Waals surface area (Å²) in [5.41, 5.74) is 0. The first-order valence-electron chi connectivity index (χ1n) is 28.1. The molecule has 6 heteroatoms. The van der Waals surface area contributed by atoms with Gasteiger partial charge in [0, 0.05) is 19.3 Å². The second-order valence-corrected chi connectivity index (χ2v) is 18.5. The van der Waals surface area contributed by atoms with Crippen molar-refractivity contribution in [2.75, 3.05) is 13.2 Å². The zero-order valence-corrected chi connectivity index (χ0v) is 43.9. The van der Waals surface area contributed by atoms with Gasteiger partial charge in [0.2, 0.25) is 0 Å². The van der Waals surface area contributed by atoms with Gasteiger partial charge < -0.3 is 14.2 Å². The van der Waals surface area contributed by atoms with E-state index in [2.05, 4.69) is 106 Å². The van der Waals surface area contributed by atoms with Crippen LogP contribution in [0.3, 0.4) is 0 Å². The Balaban J connectivity index is 4.51. The van der Waals surface area contributed by atoms with Gasteiger partial charge in [-0.1, -0.05) is 234 Å². The molecule has 0 N–H and O–H groups in total. The summed E-state index contributed by atoms with van der Waals surface area (Å²) in [4.78, 5) is 38.1. The van der Waals surface area contributed by atoms with Gasteiger partial charge in [-0.2, -0.15) is 0 Å². The number of carbonyl (C=O) groups is 3. The quantitative estimate of drug-likeness (QED) is 0.0262. The molecule has 0 aromatic heterocycles. The highest BCUT2D eigenvalue weighted by atomic mass is 16.6. The summed E-state index contributed by atoms with van der Waals surface area (Å²) in [5, 5.41) is 0. The van der Waals surface area contributed by atoms with E-state index in [0.29, 0.717) is 19.3 Å². The lowest BCUT2D eigenvalue weighted by Crippen LogP contribution is -2.30. The van der Waals surface area contributed by atoms with Crippen LogP contribution >= 0.6 is 0 Å². The van der Waals surface area contributed by atoms with Crippen molar-refractivity contribution < 1.29 is 28.6 Å². The Kier molecular flexibility index (Phi) is 52.4. The average Bonchev–Trinajstić information content (AvgIpc) is 3.33. The highest BCUT2D eigenvalue weighted by molar-refractivity contribution is 5.71. The lowest BCUT2D eigenvalue weighted by atomic mass is 10.0. The molecule has 0 saturated heterocycles. The number of allylic oxidation sites excluding steroid dienone is 14. The second-order valence-electron chi connectivity index (χ2n) is 18.5. The molecule has 0 radical (unpaired) electrons. The number of hydrogen-bond donors (Lipinski definition) is 0. The summed E-state index contributed by atoms with van der Waals surface area (Å²) in [6.07, 6.45) is 71.4. The van der Waals surface area contributed by atoms with Crippen LogP contribution in [0.1, 0.15) is 265 Å². The molecule has 0 bridgehead atoms. The second kappa shape index (κ2) is 55.2. The van der Waals surface area contributed by atoms with Crippen molar-refractivity contribution in [3.05, 3.63) is 85.1 Å². The van der Waals surface area contributed by atoms with Crippen LogP contribution in [0.2, 0.25) is 0 Å². The van der Waals surface area contributed by atoms with E-state index in [4.69, 9.17) is 14.2 Å². The number of ether oxygens (including phenoxy) is 3. The summed E-state index contributed by atoms with van der Waals surface area (Å²) >= 11 is 0.